The van der Waals surface area contributed by atoms with Crippen molar-refractivity contribution < 1.29 is 29.7 Å². The lowest BCUT2D eigenvalue weighted by Crippen LogP contribution is -2.48. The number of aliphatic hydroxyl groups is 1. The molecule has 0 aliphatic rings. The summed E-state index contributed by atoms with van der Waals surface area (Å²) in [5, 5.41) is 27.9. The van der Waals surface area contributed by atoms with Gasteiger partial charge in [0.1, 0.15) is 0 Å². The number of carboxylic acids is 2. The van der Waals surface area contributed by atoms with E-state index in [1.54, 1.807) is 0 Å². The van der Waals surface area contributed by atoms with Gasteiger partial charge in [0.25, 0.3) is 0 Å². The molecule has 7 nitrogen and oxygen atoms in total. The van der Waals surface area contributed by atoms with Gasteiger partial charge in [-0.15, -0.1) is 0 Å². The van der Waals surface area contributed by atoms with E-state index in [0.29, 0.717) is 0 Å². The topological polar surface area (TPSA) is 124 Å². The smallest absolute Gasteiger partial charge is 0.328 e. The Labute approximate surface area is 79.3 Å². The fraction of sp³-hybridized carbons (Fsp3) is 0.571. The number of hydrogen-bond donors (Lipinski definition) is 4. The van der Waals surface area contributed by atoms with Crippen LogP contribution in [0.2, 0.25) is 0 Å². The maximum absolute atomic E-state index is 10.5. The van der Waals surface area contributed by atoms with Gasteiger partial charge in [0.2, 0.25) is 5.91 Å². The molecule has 0 rings (SSSR count). The van der Waals surface area contributed by atoms with Gasteiger partial charge < -0.3 is 20.6 Å². The van der Waals surface area contributed by atoms with E-state index in [-0.39, 0.29) is 0 Å². The molecule has 0 radical (unpaired) electrons. The van der Waals surface area contributed by atoms with Crippen LogP contribution in [0.5, 0.6) is 0 Å². The van der Waals surface area contributed by atoms with Crippen LogP contribution in [0, 0.1) is 0 Å². The monoisotopic (exact) mass is 205 g/mol. The number of carbonyl (C=O) groups is 3. The summed E-state index contributed by atoms with van der Waals surface area (Å²) in [6, 6.07) is -1.59. The number of aliphatic carboxylic acids is 2. The van der Waals surface area contributed by atoms with Crippen LogP contribution in [0.1, 0.15) is 13.3 Å². The third kappa shape index (κ3) is 4.41. The van der Waals surface area contributed by atoms with E-state index in [1.807, 2.05) is 5.32 Å². The fourth-order valence-corrected chi connectivity index (χ4v) is 0.838. The van der Waals surface area contributed by atoms with Crippen LogP contribution in [-0.4, -0.2) is 45.3 Å². The van der Waals surface area contributed by atoms with Gasteiger partial charge in [-0.2, -0.15) is 0 Å². The highest BCUT2D eigenvalue weighted by Crippen LogP contribution is 1.99. The quantitative estimate of drug-likeness (QED) is 0.429. The largest absolute Gasteiger partial charge is 0.481 e. The number of carbonyl (C=O) groups excluding carboxylic acids is 1. The number of carboxylic acid groups (broad SMARTS) is 2. The molecule has 0 aliphatic heterocycles. The summed E-state index contributed by atoms with van der Waals surface area (Å²) in [7, 11) is 0. The van der Waals surface area contributed by atoms with Crippen molar-refractivity contribution in [1.82, 2.24) is 5.32 Å². The minimum atomic E-state index is -1.64. The molecule has 0 aromatic carbocycles. The molecule has 0 saturated heterocycles. The zero-order chi connectivity index (χ0) is 11.3. The molecule has 0 saturated carbocycles. The zero-order valence-electron chi connectivity index (χ0n) is 7.43. The molecule has 0 aromatic heterocycles. The van der Waals surface area contributed by atoms with Crippen LogP contribution >= 0.6 is 0 Å². The Kier molecular flexibility index (Phi) is 4.57. The molecular weight excluding hydrogens is 194 g/mol. The van der Waals surface area contributed by atoms with Gasteiger partial charge in [0.15, 0.2) is 6.04 Å². The molecule has 7 heteroatoms. The van der Waals surface area contributed by atoms with Crippen molar-refractivity contribution in [1.29, 1.82) is 0 Å². The maximum atomic E-state index is 10.5. The first-order chi connectivity index (χ1) is 6.34. The Morgan fingerprint density at radius 1 is 1.29 bits per heavy atom. The second-order valence-electron chi connectivity index (χ2n) is 2.68. The average molecular weight is 205 g/mol. The van der Waals surface area contributed by atoms with Crippen LogP contribution in [0.15, 0.2) is 0 Å². The maximum Gasteiger partial charge on any atom is 0.328 e. The van der Waals surface area contributed by atoms with Gasteiger partial charge in [0, 0.05) is 6.92 Å². The Morgan fingerprint density at radius 2 is 1.79 bits per heavy atom. The molecule has 0 bridgehead atoms. The van der Waals surface area contributed by atoms with Crippen molar-refractivity contribution in [2.75, 3.05) is 0 Å². The predicted molar refractivity (Wildman–Crippen MR) is 43.5 cm³/mol. The molecule has 4 N–H and O–H groups in total. The summed E-state index contributed by atoms with van der Waals surface area (Å²) in [5.41, 5.74) is 0. The SMILES string of the molecule is CC(=O)NC(C(=O)O)C(O)CC(=O)O. The van der Waals surface area contributed by atoms with E-state index in [4.69, 9.17) is 15.3 Å². The Morgan fingerprint density at radius 3 is 2.07 bits per heavy atom. The Balaban J connectivity index is 4.40. The second kappa shape index (κ2) is 5.18. The summed E-state index contributed by atoms with van der Waals surface area (Å²) in [6.07, 6.45) is -2.38. The third-order valence-electron chi connectivity index (χ3n) is 1.39. The first kappa shape index (κ1) is 12.4. The molecule has 1 amide bonds. The van der Waals surface area contributed by atoms with Crippen LogP contribution < -0.4 is 5.32 Å². The van der Waals surface area contributed by atoms with E-state index in [1.165, 1.54) is 0 Å². The van der Waals surface area contributed by atoms with Crippen LogP contribution in [-0.2, 0) is 14.4 Å². The molecule has 2 unspecified atom stereocenters. The molecule has 0 aromatic rings. The molecule has 80 valence electrons. The van der Waals surface area contributed by atoms with Gasteiger partial charge in [-0.25, -0.2) is 4.79 Å². The van der Waals surface area contributed by atoms with Crippen molar-refractivity contribution in [3.8, 4) is 0 Å². The third-order valence-corrected chi connectivity index (χ3v) is 1.39. The number of hydrogen-bond acceptors (Lipinski definition) is 4. The van der Waals surface area contributed by atoms with Gasteiger partial charge in [0.05, 0.1) is 12.5 Å². The normalized spacial score (nSPS) is 14.1. The zero-order valence-corrected chi connectivity index (χ0v) is 7.43. The van der Waals surface area contributed by atoms with Crippen molar-refractivity contribution >= 4 is 17.8 Å². The summed E-state index contributed by atoms with van der Waals surface area (Å²) in [5.74, 6) is -3.47. The molecule has 0 fully saturated rings. The standard InChI is InChI=1S/C7H11NO6/c1-3(9)8-6(7(13)14)4(10)2-5(11)12/h4,6,10H,2H2,1H3,(H,8,9)(H,11,12)(H,13,14). The lowest BCUT2D eigenvalue weighted by Gasteiger charge is -2.17. The highest BCUT2D eigenvalue weighted by molar-refractivity contribution is 5.83. The van der Waals surface area contributed by atoms with Crippen molar-refractivity contribution in [2.24, 2.45) is 0 Å². The molecular formula is C7H11NO6. The molecule has 2 atom stereocenters. The summed E-state index contributed by atoms with van der Waals surface area (Å²) in [6.45, 7) is 1.07. The fourth-order valence-electron chi connectivity index (χ4n) is 0.838. The van der Waals surface area contributed by atoms with Crippen molar-refractivity contribution in [3.63, 3.8) is 0 Å². The van der Waals surface area contributed by atoms with Gasteiger partial charge >= 0.3 is 11.9 Å². The minimum absolute atomic E-state index is 0.651. The molecule has 0 heterocycles. The first-order valence-electron chi connectivity index (χ1n) is 3.74. The predicted octanol–water partition coefficient (Wildman–Crippen LogP) is -1.59. The number of nitrogens with one attached hydrogen (secondary N) is 1. The molecule has 0 spiro atoms. The Bertz CT molecular complexity index is 251. The van der Waals surface area contributed by atoms with E-state index in [9.17, 15) is 14.4 Å². The van der Waals surface area contributed by atoms with Crippen molar-refractivity contribution in [3.05, 3.63) is 0 Å². The number of amides is 1. The second-order valence-corrected chi connectivity index (χ2v) is 2.68. The lowest BCUT2D eigenvalue weighted by atomic mass is 10.1. The number of aliphatic hydroxyl groups excluding tert-OH is 1. The van der Waals surface area contributed by atoms with E-state index >= 15 is 0 Å². The number of rotatable bonds is 5. The average Bonchev–Trinajstić information content (AvgIpc) is 1.97. The van der Waals surface area contributed by atoms with Gasteiger partial charge in [-0.05, 0) is 0 Å². The summed E-state index contributed by atoms with van der Waals surface area (Å²) in [4.78, 5) is 31.2. The highest BCUT2D eigenvalue weighted by atomic mass is 16.4. The first-order valence-corrected chi connectivity index (χ1v) is 3.74. The van der Waals surface area contributed by atoms with Gasteiger partial charge in [-0.3, -0.25) is 9.59 Å². The van der Waals surface area contributed by atoms with E-state index in [0.717, 1.165) is 6.92 Å². The lowest BCUT2D eigenvalue weighted by molar-refractivity contribution is -0.147. The van der Waals surface area contributed by atoms with Crippen molar-refractivity contribution in [2.45, 2.75) is 25.5 Å². The van der Waals surface area contributed by atoms with Crippen LogP contribution in [0.25, 0.3) is 0 Å². The summed E-state index contributed by atoms with van der Waals surface area (Å²) < 4.78 is 0. The van der Waals surface area contributed by atoms with Gasteiger partial charge in [-0.1, -0.05) is 0 Å². The minimum Gasteiger partial charge on any atom is -0.481 e. The van der Waals surface area contributed by atoms with Crippen LogP contribution in [0.4, 0.5) is 0 Å². The highest BCUT2D eigenvalue weighted by Gasteiger charge is 2.28. The molecule has 0 aliphatic carbocycles. The molecule has 14 heavy (non-hydrogen) atoms. The summed E-state index contributed by atoms with van der Waals surface area (Å²) >= 11 is 0. The van der Waals surface area contributed by atoms with Crippen LogP contribution in [0.3, 0.4) is 0 Å². The van der Waals surface area contributed by atoms with E-state index < -0.39 is 36.4 Å². The Hall–Kier alpha value is -1.63. The van der Waals surface area contributed by atoms with E-state index in [2.05, 4.69) is 0 Å².